The van der Waals surface area contributed by atoms with Crippen molar-refractivity contribution in [3.8, 4) is 5.75 Å². The molecule has 1 amide bonds. The van der Waals surface area contributed by atoms with Gasteiger partial charge in [0.05, 0.1) is 6.61 Å². The van der Waals surface area contributed by atoms with Crippen molar-refractivity contribution < 1.29 is 9.53 Å². The molecule has 0 aliphatic heterocycles. The zero-order valence-corrected chi connectivity index (χ0v) is 21.5. The van der Waals surface area contributed by atoms with Gasteiger partial charge >= 0.3 is 0 Å². The van der Waals surface area contributed by atoms with Gasteiger partial charge in [0.2, 0.25) is 0 Å². The first-order valence-corrected chi connectivity index (χ1v) is 10.6. The molecule has 0 aliphatic rings. The highest BCUT2D eigenvalue weighted by Crippen LogP contribution is 2.20. The average Bonchev–Trinajstić information content (AvgIpc) is 2.76. The van der Waals surface area contributed by atoms with E-state index in [4.69, 9.17) is 4.74 Å². The topological polar surface area (TPSA) is 66.0 Å². The predicted molar refractivity (Wildman–Crippen MR) is 138 cm³/mol. The summed E-state index contributed by atoms with van der Waals surface area (Å²) in [6, 6.07) is 13.9. The first-order chi connectivity index (χ1) is 14.5. The second-order valence-electron chi connectivity index (χ2n) is 7.00. The molecule has 2 N–H and O–H groups in total. The van der Waals surface area contributed by atoms with Crippen molar-refractivity contribution in [3.05, 3.63) is 64.7 Å². The minimum Gasteiger partial charge on any atom is -0.494 e. The van der Waals surface area contributed by atoms with Crippen LogP contribution in [0.2, 0.25) is 0 Å². The van der Waals surface area contributed by atoms with Crippen LogP contribution in [0.5, 0.6) is 5.75 Å². The van der Waals surface area contributed by atoms with E-state index in [1.165, 1.54) is 5.56 Å². The fourth-order valence-electron chi connectivity index (χ4n) is 3.14. The van der Waals surface area contributed by atoms with Gasteiger partial charge < -0.3 is 20.3 Å². The van der Waals surface area contributed by atoms with Crippen molar-refractivity contribution in [2.24, 2.45) is 4.99 Å². The lowest BCUT2D eigenvalue weighted by atomic mass is 10.1. The average molecular weight is 538 g/mol. The Bertz CT molecular complexity index is 849. The highest BCUT2D eigenvalue weighted by atomic mass is 127. The van der Waals surface area contributed by atoms with Crippen LogP contribution < -0.4 is 15.4 Å². The minimum atomic E-state index is 0. The van der Waals surface area contributed by atoms with Gasteiger partial charge in [-0.15, -0.1) is 24.0 Å². The van der Waals surface area contributed by atoms with Crippen LogP contribution in [0, 0.1) is 6.92 Å². The summed E-state index contributed by atoms with van der Waals surface area (Å²) in [6.07, 6.45) is 0. The SMILES string of the molecule is CCOc1cc(C)ccc1CNC(=NC)NCc1ccc(C(=O)N(CC)CC)cc1.I. The molecule has 0 aliphatic carbocycles. The predicted octanol–water partition coefficient (Wildman–Crippen LogP) is 4.36. The Morgan fingerprint density at radius 3 is 2.23 bits per heavy atom. The molecule has 6 nitrogen and oxygen atoms in total. The number of nitrogens with one attached hydrogen (secondary N) is 2. The number of benzene rings is 2. The summed E-state index contributed by atoms with van der Waals surface area (Å²) in [4.78, 5) is 18.5. The van der Waals surface area contributed by atoms with E-state index < -0.39 is 0 Å². The maximum atomic E-state index is 12.4. The molecule has 2 aromatic rings. The summed E-state index contributed by atoms with van der Waals surface area (Å²) >= 11 is 0. The largest absolute Gasteiger partial charge is 0.494 e. The van der Waals surface area contributed by atoms with Crippen LogP contribution in [0.1, 0.15) is 47.8 Å². The molecule has 0 aromatic heterocycles. The molecule has 0 atom stereocenters. The Balaban J connectivity index is 0.00000480. The lowest BCUT2D eigenvalue weighted by Crippen LogP contribution is -2.36. The van der Waals surface area contributed by atoms with Gasteiger partial charge in [-0.25, -0.2) is 0 Å². The number of carbonyl (C=O) groups excluding carboxylic acids is 1. The normalized spacial score (nSPS) is 10.8. The number of hydrogen-bond donors (Lipinski definition) is 2. The van der Waals surface area contributed by atoms with Crippen molar-refractivity contribution in [3.63, 3.8) is 0 Å². The number of hydrogen-bond acceptors (Lipinski definition) is 3. The second-order valence-corrected chi connectivity index (χ2v) is 7.00. The molecule has 31 heavy (non-hydrogen) atoms. The van der Waals surface area contributed by atoms with Crippen LogP contribution in [0.4, 0.5) is 0 Å². The minimum absolute atomic E-state index is 0. The van der Waals surface area contributed by atoms with Crippen LogP contribution in [0.25, 0.3) is 0 Å². The molecule has 0 saturated carbocycles. The van der Waals surface area contributed by atoms with E-state index in [9.17, 15) is 4.79 Å². The number of aliphatic imine (C=N–C) groups is 1. The molecule has 2 aromatic carbocycles. The summed E-state index contributed by atoms with van der Waals surface area (Å²) in [5.74, 6) is 1.68. The monoisotopic (exact) mass is 538 g/mol. The zero-order chi connectivity index (χ0) is 21.9. The van der Waals surface area contributed by atoms with Crippen LogP contribution in [-0.2, 0) is 13.1 Å². The van der Waals surface area contributed by atoms with E-state index >= 15 is 0 Å². The molecule has 0 saturated heterocycles. The quantitative estimate of drug-likeness (QED) is 0.283. The second kappa shape index (κ2) is 13.9. The molecule has 7 heteroatoms. The Morgan fingerprint density at radius 2 is 1.65 bits per heavy atom. The summed E-state index contributed by atoms with van der Waals surface area (Å²) in [5, 5.41) is 6.65. The number of nitrogens with zero attached hydrogens (tertiary/aromatic N) is 2. The fourth-order valence-corrected chi connectivity index (χ4v) is 3.14. The van der Waals surface area contributed by atoms with Gasteiger partial charge in [-0.05, 0) is 57.0 Å². The first-order valence-electron chi connectivity index (χ1n) is 10.6. The highest BCUT2D eigenvalue weighted by Gasteiger charge is 2.12. The maximum Gasteiger partial charge on any atom is 0.253 e. The van der Waals surface area contributed by atoms with E-state index in [2.05, 4.69) is 40.7 Å². The van der Waals surface area contributed by atoms with E-state index in [0.29, 0.717) is 44.3 Å². The first kappa shape index (κ1) is 26.7. The van der Waals surface area contributed by atoms with Crippen LogP contribution in [0.15, 0.2) is 47.5 Å². The number of rotatable bonds is 9. The number of aryl methyl sites for hydroxylation is 1. The molecule has 0 bridgehead atoms. The third-order valence-corrected chi connectivity index (χ3v) is 4.90. The van der Waals surface area contributed by atoms with Gasteiger partial charge in [0.1, 0.15) is 5.75 Å². The standard InChI is InChI=1S/C24H34N4O2.HI/c1-6-28(7-2)23(29)20-13-10-19(11-14-20)16-26-24(25-5)27-17-21-12-9-18(4)15-22(21)30-8-3;/h9-15H,6-8,16-17H2,1-5H3,(H2,25,26,27);1H. The highest BCUT2D eigenvalue weighted by molar-refractivity contribution is 14.0. The van der Waals surface area contributed by atoms with E-state index in [0.717, 1.165) is 16.9 Å². The number of carbonyl (C=O) groups is 1. The number of amides is 1. The number of halogens is 1. The molecule has 0 unspecified atom stereocenters. The van der Waals surface area contributed by atoms with Gasteiger partial charge in [-0.1, -0.05) is 24.3 Å². The lowest BCUT2D eigenvalue weighted by molar-refractivity contribution is 0.0773. The van der Waals surface area contributed by atoms with Crippen molar-refractivity contribution in [1.29, 1.82) is 0 Å². The van der Waals surface area contributed by atoms with E-state index in [-0.39, 0.29) is 29.9 Å². The number of ether oxygens (including phenoxy) is 1. The van der Waals surface area contributed by atoms with Crippen molar-refractivity contribution >= 4 is 35.8 Å². The van der Waals surface area contributed by atoms with Crippen LogP contribution >= 0.6 is 24.0 Å². The molecule has 0 heterocycles. The number of guanidine groups is 1. The Morgan fingerprint density at radius 1 is 1.00 bits per heavy atom. The van der Waals surface area contributed by atoms with Crippen LogP contribution in [-0.4, -0.2) is 43.5 Å². The third kappa shape index (κ3) is 8.05. The summed E-state index contributed by atoms with van der Waals surface area (Å²) in [6.45, 7) is 11.3. The van der Waals surface area contributed by atoms with Crippen molar-refractivity contribution in [2.75, 3.05) is 26.7 Å². The van der Waals surface area contributed by atoms with Gasteiger partial charge in [0.15, 0.2) is 5.96 Å². The van der Waals surface area contributed by atoms with Gasteiger partial charge in [-0.3, -0.25) is 9.79 Å². The van der Waals surface area contributed by atoms with E-state index in [1.54, 1.807) is 7.05 Å². The molecule has 170 valence electrons. The summed E-state index contributed by atoms with van der Waals surface area (Å²) < 4.78 is 5.75. The molecule has 0 radical (unpaired) electrons. The smallest absolute Gasteiger partial charge is 0.253 e. The molecular weight excluding hydrogens is 503 g/mol. The summed E-state index contributed by atoms with van der Waals surface area (Å²) in [5.41, 5.74) is 4.06. The molecule has 0 fully saturated rings. The van der Waals surface area contributed by atoms with E-state index in [1.807, 2.05) is 49.9 Å². The Labute approximate surface area is 203 Å². The van der Waals surface area contributed by atoms with Gasteiger partial charge in [0.25, 0.3) is 5.91 Å². The lowest BCUT2D eigenvalue weighted by Gasteiger charge is -2.18. The zero-order valence-electron chi connectivity index (χ0n) is 19.2. The van der Waals surface area contributed by atoms with Crippen LogP contribution in [0.3, 0.4) is 0 Å². The maximum absolute atomic E-state index is 12.4. The molecular formula is C24H35IN4O2. The fraction of sp³-hybridized carbons (Fsp3) is 0.417. The van der Waals surface area contributed by atoms with Gasteiger partial charge in [0, 0.05) is 44.4 Å². The van der Waals surface area contributed by atoms with Crippen molar-refractivity contribution in [2.45, 2.75) is 40.8 Å². The molecule has 0 spiro atoms. The van der Waals surface area contributed by atoms with Crippen molar-refractivity contribution in [1.82, 2.24) is 15.5 Å². The van der Waals surface area contributed by atoms with Gasteiger partial charge in [-0.2, -0.15) is 0 Å². The summed E-state index contributed by atoms with van der Waals surface area (Å²) in [7, 11) is 1.75. The Kier molecular flexibility index (Phi) is 12.0. The molecule has 2 rings (SSSR count). The third-order valence-electron chi connectivity index (χ3n) is 4.90. The Hall–Kier alpha value is -2.29.